The lowest BCUT2D eigenvalue weighted by Crippen LogP contribution is -2.26. The Bertz CT molecular complexity index is 1160. The van der Waals surface area contributed by atoms with Crippen molar-refractivity contribution in [3.63, 3.8) is 0 Å². The van der Waals surface area contributed by atoms with E-state index in [4.69, 9.17) is 4.74 Å². The average Bonchev–Trinajstić information content (AvgIpc) is 3.53. The van der Waals surface area contributed by atoms with Crippen LogP contribution in [0.4, 0.5) is 16.2 Å². The highest BCUT2D eigenvalue weighted by atomic mass is 16.6. The van der Waals surface area contributed by atoms with Crippen LogP contribution in [0.1, 0.15) is 25.5 Å². The van der Waals surface area contributed by atoms with Gasteiger partial charge in [-0.2, -0.15) is 5.26 Å². The molecule has 150 valence electrons. The van der Waals surface area contributed by atoms with Crippen molar-refractivity contribution in [2.45, 2.75) is 25.8 Å². The minimum atomic E-state index is -0.305. The number of amides is 1. The lowest BCUT2D eigenvalue weighted by atomic mass is 10.0. The smallest absolute Gasteiger partial charge is 0.414 e. The first-order valence-corrected chi connectivity index (χ1v) is 10.2. The van der Waals surface area contributed by atoms with Crippen molar-refractivity contribution in [3.8, 4) is 17.2 Å². The Kier molecular flexibility index (Phi) is 4.47. The van der Waals surface area contributed by atoms with E-state index in [1.165, 1.54) is 0 Å². The summed E-state index contributed by atoms with van der Waals surface area (Å²) >= 11 is 0. The van der Waals surface area contributed by atoms with Gasteiger partial charge in [-0.25, -0.2) is 4.79 Å². The van der Waals surface area contributed by atoms with Crippen molar-refractivity contribution in [2.24, 2.45) is 0 Å². The fraction of sp³-hybridized carbons (Fsp3) is 0.304. The Balaban J connectivity index is 1.52. The van der Waals surface area contributed by atoms with Crippen molar-refractivity contribution in [1.29, 1.82) is 5.26 Å². The van der Waals surface area contributed by atoms with Crippen molar-refractivity contribution < 1.29 is 9.53 Å². The number of ether oxygens (including phenoxy) is 1. The Morgan fingerprint density at radius 1 is 1.17 bits per heavy atom. The standard InChI is InChI=1S/C23H21N5O2/c1-2-27(17-8-9-17)22-19-10-5-16(13-20(19)25-26-21(22)14-24)15-3-6-18(7-4-15)28-11-12-30-23(28)29/h3-7,10,13,17H,2,8-9,11-12H2,1H3. The molecule has 3 aromatic rings. The van der Waals surface area contributed by atoms with Gasteiger partial charge in [-0.3, -0.25) is 4.90 Å². The molecular formula is C23H21N5O2. The fourth-order valence-electron chi connectivity index (χ4n) is 4.09. The second kappa shape index (κ2) is 7.30. The molecule has 2 aromatic carbocycles. The molecule has 1 saturated heterocycles. The normalized spacial score (nSPS) is 15.9. The number of hydrogen-bond acceptors (Lipinski definition) is 6. The molecule has 0 atom stereocenters. The first kappa shape index (κ1) is 18.4. The number of aromatic nitrogens is 2. The number of carbonyl (C=O) groups is 1. The number of anilines is 2. The number of rotatable bonds is 5. The van der Waals surface area contributed by atoms with Gasteiger partial charge in [-0.05, 0) is 55.2 Å². The van der Waals surface area contributed by atoms with Gasteiger partial charge in [0.05, 0.1) is 17.7 Å². The van der Waals surface area contributed by atoms with Gasteiger partial charge in [0.25, 0.3) is 0 Å². The molecule has 0 radical (unpaired) electrons. The second-order valence-electron chi connectivity index (χ2n) is 7.57. The molecule has 2 heterocycles. The van der Waals surface area contributed by atoms with Gasteiger partial charge in [0.2, 0.25) is 0 Å². The third-order valence-corrected chi connectivity index (χ3v) is 5.73. The number of nitrogens with zero attached hydrogens (tertiary/aromatic N) is 5. The zero-order valence-electron chi connectivity index (χ0n) is 16.7. The van der Waals surface area contributed by atoms with Crippen LogP contribution >= 0.6 is 0 Å². The molecule has 2 aliphatic rings. The first-order chi connectivity index (χ1) is 14.7. The molecule has 1 aliphatic heterocycles. The predicted molar refractivity (Wildman–Crippen MR) is 114 cm³/mol. The number of cyclic esters (lactones) is 1. The fourth-order valence-corrected chi connectivity index (χ4v) is 4.09. The summed E-state index contributed by atoms with van der Waals surface area (Å²) in [6, 6.07) is 16.6. The van der Waals surface area contributed by atoms with Crippen LogP contribution < -0.4 is 9.80 Å². The van der Waals surface area contributed by atoms with E-state index in [0.29, 0.717) is 24.9 Å². The average molecular weight is 399 g/mol. The summed E-state index contributed by atoms with van der Waals surface area (Å²) in [4.78, 5) is 15.7. The van der Waals surface area contributed by atoms with Crippen LogP contribution in [0.5, 0.6) is 0 Å². The van der Waals surface area contributed by atoms with Gasteiger partial charge in [0.15, 0.2) is 5.69 Å². The first-order valence-electron chi connectivity index (χ1n) is 10.2. The van der Waals surface area contributed by atoms with Crippen LogP contribution in [-0.2, 0) is 4.74 Å². The Hall–Kier alpha value is -3.66. The van der Waals surface area contributed by atoms with E-state index in [2.05, 4.69) is 34.2 Å². The molecule has 0 N–H and O–H groups in total. The highest BCUT2D eigenvalue weighted by Crippen LogP contribution is 2.37. The van der Waals surface area contributed by atoms with Gasteiger partial charge >= 0.3 is 6.09 Å². The van der Waals surface area contributed by atoms with E-state index in [1.54, 1.807) is 4.90 Å². The molecule has 0 spiro atoms. The number of fused-ring (bicyclic) bond motifs is 1. The summed E-state index contributed by atoms with van der Waals surface area (Å²) in [7, 11) is 0. The van der Waals surface area contributed by atoms with Crippen LogP contribution in [0.15, 0.2) is 42.5 Å². The minimum absolute atomic E-state index is 0.305. The van der Waals surface area contributed by atoms with Crippen LogP contribution in [0.2, 0.25) is 0 Å². The van der Waals surface area contributed by atoms with Crippen molar-refractivity contribution in [2.75, 3.05) is 29.5 Å². The van der Waals surface area contributed by atoms with Gasteiger partial charge in [0, 0.05) is 23.7 Å². The Morgan fingerprint density at radius 2 is 1.93 bits per heavy atom. The maximum atomic E-state index is 11.8. The lowest BCUT2D eigenvalue weighted by molar-refractivity contribution is 0.181. The molecule has 1 aliphatic carbocycles. The van der Waals surface area contributed by atoms with E-state index in [0.717, 1.165) is 52.8 Å². The van der Waals surface area contributed by atoms with E-state index < -0.39 is 0 Å². The lowest BCUT2D eigenvalue weighted by Gasteiger charge is -2.24. The monoisotopic (exact) mass is 399 g/mol. The van der Waals surface area contributed by atoms with Crippen LogP contribution in [0.3, 0.4) is 0 Å². The minimum Gasteiger partial charge on any atom is -0.447 e. The third-order valence-electron chi connectivity index (χ3n) is 5.73. The van der Waals surface area contributed by atoms with E-state index in [-0.39, 0.29) is 6.09 Å². The van der Waals surface area contributed by atoms with Gasteiger partial charge in [-0.15, -0.1) is 10.2 Å². The van der Waals surface area contributed by atoms with Crippen LogP contribution in [0, 0.1) is 11.3 Å². The van der Waals surface area contributed by atoms with E-state index >= 15 is 0 Å². The zero-order chi connectivity index (χ0) is 20.7. The zero-order valence-corrected chi connectivity index (χ0v) is 16.7. The van der Waals surface area contributed by atoms with Gasteiger partial charge < -0.3 is 9.64 Å². The summed E-state index contributed by atoms with van der Waals surface area (Å²) < 4.78 is 5.01. The molecule has 7 nitrogen and oxygen atoms in total. The molecular weight excluding hydrogens is 378 g/mol. The summed E-state index contributed by atoms with van der Waals surface area (Å²) in [6.07, 6.45) is 2.00. The predicted octanol–water partition coefficient (Wildman–Crippen LogP) is 4.11. The Morgan fingerprint density at radius 3 is 2.57 bits per heavy atom. The van der Waals surface area contributed by atoms with Gasteiger partial charge in [-0.1, -0.05) is 18.2 Å². The molecule has 0 unspecified atom stereocenters. The molecule has 1 aromatic heterocycles. The molecule has 1 saturated carbocycles. The van der Waals surface area contributed by atoms with Crippen LogP contribution in [0.25, 0.3) is 22.0 Å². The summed E-state index contributed by atoms with van der Waals surface area (Å²) in [6.45, 7) is 3.94. The maximum absolute atomic E-state index is 11.8. The Labute approximate surface area is 174 Å². The van der Waals surface area contributed by atoms with E-state index in [1.807, 2.05) is 36.4 Å². The summed E-state index contributed by atoms with van der Waals surface area (Å²) in [5.41, 5.74) is 4.90. The largest absolute Gasteiger partial charge is 0.447 e. The van der Waals surface area contributed by atoms with Gasteiger partial charge in [0.1, 0.15) is 12.7 Å². The summed E-state index contributed by atoms with van der Waals surface area (Å²) in [5, 5.41) is 19.1. The molecule has 2 fully saturated rings. The number of carbonyl (C=O) groups excluding carboxylic acids is 1. The molecule has 5 rings (SSSR count). The van der Waals surface area contributed by atoms with Crippen molar-refractivity contribution in [3.05, 3.63) is 48.2 Å². The highest BCUT2D eigenvalue weighted by Gasteiger charge is 2.31. The second-order valence-corrected chi connectivity index (χ2v) is 7.57. The van der Waals surface area contributed by atoms with Crippen molar-refractivity contribution >= 4 is 28.4 Å². The van der Waals surface area contributed by atoms with Crippen LogP contribution in [-0.4, -0.2) is 42.0 Å². The highest BCUT2D eigenvalue weighted by molar-refractivity contribution is 5.96. The third kappa shape index (κ3) is 3.11. The number of hydrogen-bond donors (Lipinski definition) is 0. The molecule has 7 heteroatoms. The molecule has 30 heavy (non-hydrogen) atoms. The summed E-state index contributed by atoms with van der Waals surface area (Å²) in [5.74, 6) is 0. The van der Waals surface area contributed by atoms with Crippen molar-refractivity contribution in [1.82, 2.24) is 10.2 Å². The topological polar surface area (TPSA) is 82.3 Å². The molecule has 1 amide bonds. The van der Waals surface area contributed by atoms with E-state index in [9.17, 15) is 10.1 Å². The maximum Gasteiger partial charge on any atom is 0.414 e. The quantitative estimate of drug-likeness (QED) is 0.642. The molecule has 0 bridgehead atoms. The SMILES string of the molecule is CCN(c1c(C#N)nnc2cc(-c3ccc(N4CCOC4=O)cc3)ccc12)C1CC1. The number of nitriles is 1. The number of benzene rings is 2.